The smallest absolute Gasteiger partial charge is 0.255 e. The van der Waals surface area contributed by atoms with Gasteiger partial charge in [0, 0.05) is 34.6 Å². The van der Waals surface area contributed by atoms with Crippen LogP contribution < -0.4 is 5.32 Å². The fourth-order valence-electron chi connectivity index (χ4n) is 2.14. The molecule has 3 rings (SSSR count). The van der Waals surface area contributed by atoms with E-state index < -0.39 is 0 Å². The van der Waals surface area contributed by atoms with Crippen LogP contribution in [0.1, 0.15) is 15.9 Å². The molecule has 0 unspecified atom stereocenters. The van der Waals surface area contributed by atoms with Crippen LogP contribution in [0.3, 0.4) is 0 Å². The summed E-state index contributed by atoms with van der Waals surface area (Å²) in [7, 11) is 0. The lowest BCUT2D eigenvalue weighted by atomic mass is 10.1. The second kappa shape index (κ2) is 5.50. The molecule has 0 radical (unpaired) electrons. The Morgan fingerprint density at radius 3 is 2.62 bits per heavy atom. The maximum absolute atomic E-state index is 12.2. The average Bonchev–Trinajstić information content (AvgIpc) is 2.52. The van der Waals surface area contributed by atoms with E-state index in [0.29, 0.717) is 16.3 Å². The van der Waals surface area contributed by atoms with Gasteiger partial charge in [0.25, 0.3) is 5.91 Å². The number of carbonyl (C=O) groups excluding carboxylic acids is 1. The van der Waals surface area contributed by atoms with Crippen molar-refractivity contribution in [1.29, 1.82) is 0 Å². The van der Waals surface area contributed by atoms with Gasteiger partial charge in [-0.05, 0) is 42.8 Å². The van der Waals surface area contributed by atoms with Gasteiger partial charge < -0.3 is 5.32 Å². The van der Waals surface area contributed by atoms with Gasteiger partial charge in [0.05, 0.1) is 11.2 Å². The average molecular weight is 298 g/mol. The van der Waals surface area contributed by atoms with Crippen molar-refractivity contribution in [3.05, 3.63) is 65.1 Å². The number of nitrogens with one attached hydrogen (secondary N) is 1. The lowest BCUT2D eigenvalue weighted by molar-refractivity contribution is 0.102. The minimum atomic E-state index is -0.183. The predicted octanol–water partition coefficient (Wildman–Crippen LogP) is 3.84. The molecular formula is C16H12ClN3O. The number of halogens is 1. The van der Waals surface area contributed by atoms with Crippen molar-refractivity contribution in [3.8, 4) is 0 Å². The Morgan fingerprint density at radius 1 is 1.10 bits per heavy atom. The number of fused-ring (bicyclic) bond motifs is 1. The summed E-state index contributed by atoms with van der Waals surface area (Å²) in [6.07, 6.45) is 4.83. The molecule has 4 nitrogen and oxygen atoms in total. The number of amides is 1. The highest BCUT2D eigenvalue weighted by atomic mass is 35.5. The summed E-state index contributed by atoms with van der Waals surface area (Å²) in [5.41, 5.74) is 2.95. The molecule has 2 aromatic heterocycles. The first-order chi connectivity index (χ1) is 10.2. The van der Waals surface area contributed by atoms with Crippen LogP contribution in [0.5, 0.6) is 0 Å². The van der Waals surface area contributed by atoms with Crippen molar-refractivity contribution in [2.45, 2.75) is 6.92 Å². The van der Waals surface area contributed by atoms with Crippen molar-refractivity contribution in [2.24, 2.45) is 0 Å². The number of hydrogen-bond donors (Lipinski definition) is 1. The van der Waals surface area contributed by atoms with Crippen LogP contribution in [0.2, 0.25) is 5.02 Å². The Kier molecular flexibility index (Phi) is 3.54. The topological polar surface area (TPSA) is 54.9 Å². The van der Waals surface area contributed by atoms with Crippen LogP contribution in [0, 0.1) is 6.92 Å². The molecule has 0 fully saturated rings. The molecule has 1 aromatic carbocycles. The van der Waals surface area contributed by atoms with Gasteiger partial charge in [0.1, 0.15) is 0 Å². The molecule has 1 amide bonds. The molecule has 0 saturated heterocycles. The summed E-state index contributed by atoms with van der Waals surface area (Å²) < 4.78 is 0. The summed E-state index contributed by atoms with van der Waals surface area (Å²) in [5, 5.41) is 4.42. The molecule has 0 atom stereocenters. The fraction of sp³-hybridized carbons (Fsp3) is 0.0625. The molecule has 104 valence electrons. The first kappa shape index (κ1) is 13.5. The number of carbonyl (C=O) groups is 1. The number of nitrogens with zero attached hydrogens (tertiary/aromatic N) is 2. The van der Waals surface area contributed by atoms with Crippen molar-refractivity contribution in [1.82, 2.24) is 9.97 Å². The number of benzene rings is 1. The van der Waals surface area contributed by atoms with Crippen molar-refractivity contribution >= 4 is 34.1 Å². The van der Waals surface area contributed by atoms with Gasteiger partial charge in [0.2, 0.25) is 0 Å². The first-order valence-electron chi connectivity index (χ1n) is 6.42. The van der Waals surface area contributed by atoms with Gasteiger partial charge in [-0.2, -0.15) is 0 Å². The quantitative estimate of drug-likeness (QED) is 0.782. The molecular weight excluding hydrogens is 286 g/mol. The Hall–Kier alpha value is -2.46. The van der Waals surface area contributed by atoms with Crippen molar-refractivity contribution in [3.63, 3.8) is 0 Å². The van der Waals surface area contributed by atoms with Crippen molar-refractivity contribution in [2.75, 3.05) is 5.32 Å². The predicted molar refractivity (Wildman–Crippen MR) is 83.7 cm³/mol. The fourth-order valence-corrected chi connectivity index (χ4v) is 2.29. The second-order valence-corrected chi connectivity index (χ2v) is 5.02. The number of rotatable bonds is 2. The SMILES string of the molecule is Cc1c(Cl)ccc2c(NC(=O)c3ccncc3)ccnc12. The van der Waals surface area contributed by atoms with E-state index in [9.17, 15) is 4.79 Å². The monoisotopic (exact) mass is 297 g/mol. The summed E-state index contributed by atoms with van der Waals surface area (Å²) >= 11 is 6.11. The Bertz CT molecular complexity index is 818. The molecule has 1 N–H and O–H groups in total. The van der Waals surface area contributed by atoms with E-state index in [-0.39, 0.29) is 5.91 Å². The lowest BCUT2D eigenvalue weighted by Gasteiger charge is -2.10. The van der Waals surface area contributed by atoms with Crippen LogP contribution >= 0.6 is 11.6 Å². The first-order valence-corrected chi connectivity index (χ1v) is 6.80. The zero-order valence-electron chi connectivity index (χ0n) is 11.3. The number of anilines is 1. The standard InChI is InChI=1S/C16H12ClN3O/c1-10-13(17)3-2-12-14(6-9-19-15(10)12)20-16(21)11-4-7-18-8-5-11/h2-9H,1H3,(H,19,20,21). The minimum Gasteiger partial charge on any atom is -0.321 e. The molecule has 3 aromatic rings. The molecule has 21 heavy (non-hydrogen) atoms. The highest BCUT2D eigenvalue weighted by Crippen LogP contribution is 2.28. The molecule has 0 saturated carbocycles. The van der Waals surface area contributed by atoms with E-state index in [4.69, 9.17) is 11.6 Å². The highest BCUT2D eigenvalue weighted by Gasteiger charge is 2.10. The van der Waals surface area contributed by atoms with Gasteiger partial charge in [-0.25, -0.2) is 0 Å². The summed E-state index contributed by atoms with van der Waals surface area (Å²) in [4.78, 5) is 20.5. The Balaban J connectivity index is 2.02. The van der Waals surface area contributed by atoms with Crippen LogP contribution in [-0.4, -0.2) is 15.9 Å². The van der Waals surface area contributed by atoms with Crippen LogP contribution in [0.15, 0.2) is 48.9 Å². The molecule has 0 aliphatic carbocycles. The minimum absolute atomic E-state index is 0.183. The third kappa shape index (κ3) is 2.58. The Labute approximate surface area is 126 Å². The maximum Gasteiger partial charge on any atom is 0.255 e. The third-order valence-electron chi connectivity index (χ3n) is 3.29. The second-order valence-electron chi connectivity index (χ2n) is 4.62. The number of aromatic nitrogens is 2. The maximum atomic E-state index is 12.2. The van der Waals surface area contributed by atoms with E-state index in [2.05, 4.69) is 15.3 Å². The summed E-state index contributed by atoms with van der Waals surface area (Å²) in [6, 6.07) is 8.78. The normalized spacial score (nSPS) is 10.6. The highest BCUT2D eigenvalue weighted by molar-refractivity contribution is 6.32. The van der Waals surface area contributed by atoms with Crippen LogP contribution in [0.25, 0.3) is 10.9 Å². The molecule has 0 aliphatic heterocycles. The molecule has 0 aliphatic rings. The van der Waals surface area contributed by atoms with Gasteiger partial charge in [-0.1, -0.05) is 11.6 Å². The van der Waals surface area contributed by atoms with Gasteiger partial charge in [0.15, 0.2) is 0 Å². The van der Waals surface area contributed by atoms with E-state index in [1.165, 1.54) is 0 Å². The molecule has 0 spiro atoms. The van der Waals surface area contributed by atoms with Crippen LogP contribution in [-0.2, 0) is 0 Å². The van der Waals surface area contributed by atoms with E-state index in [1.807, 2.05) is 19.1 Å². The van der Waals surface area contributed by atoms with Crippen LogP contribution in [0.4, 0.5) is 5.69 Å². The number of aryl methyl sites for hydroxylation is 1. The molecule has 0 bridgehead atoms. The Morgan fingerprint density at radius 2 is 1.86 bits per heavy atom. The number of hydrogen-bond acceptors (Lipinski definition) is 3. The molecule has 5 heteroatoms. The third-order valence-corrected chi connectivity index (χ3v) is 3.70. The van der Waals surface area contributed by atoms with Crippen molar-refractivity contribution < 1.29 is 4.79 Å². The number of pyridine rings is 2. The largest absolute Gasteiger partial charge is 0.321 e. The lowest BCUT2D eigenvalue weighted by Crippen LogP contribution is -2.12. The van der Waals surface area contributed by atoms with Gasteiger partial charge in [-0.15, -0.1) is 0 Å². The summed E-state index contributed by atoms with van der Waals surface area (Å²) in [5.74, 6) is -0.183. The van der Waals surface area contributed by atoms with Gasteiger partial charge >= 0.3 is 0 Å². The zero-order valence-corrected chi connectivity index (χ0v) is 12.1. The van der Waals surface area contributed by atoms with E-state index >= 15 is 0 Å². The van der Waals surface area contributed by atoms with E-state index in [1.54, 1.807) is 36.8 Å². The zero-order chi connectivity index (χ0) is 14.8. The summed E-state index contributed by atoms with van der Waals surface area (Å²) in [6.45, 7) is 1.91. The van der Waals surface area contributed by atoms with Gasteiger partial charge in [-0.3, -0.25) is 14.8 Å². The molecule has 2 heterocycles. The van der Waals surface area contributed by atoms with E-state index in [0.717, 1.165) is 16.5 Å².